The van der Waals surface area contributed by atoms with Gasteiger partial charge in [0, 0.05) is 11.3 Å². The van der Waals surface area contributed by atoms with Gasteiger partial charge in [-0.05, 0) is 55.7 Å². The summed E-state index contributed by atoms with van der Waals surface area (Å²) in [5.74, 6) is 1.45. The first-order valence-electron chi connectivity index (χ1n) is 9.11. The number of aryl methyl sites for hydroxylation is 1. The molecule has 2 aromatic rings. The summed E-state index contributed by atoms with van der Waals surface area (Å²) in [6, 6.07) is 10.1. The highest BCUT2D eigenvalue weighted by atomic mass is 32.1. The van der Waals surface area contributed by atoms with E-state index in [0.717, 1.165) is 41.1 Å². The Balaban J connectivity index is 1.52. The van der Waals surface area contributed by atoms with Gasteiger partial charge in [0.25, 0.3) is 0 Å². The number of anilines is 1. The van der Waals surface area contributed by atoms with Crippen LogP contribution in [0.5, 0.6) is 5.75 Å². The second-order valence-corrected chi connectivity index (χ2v) is 8.04. The van der Waals surface area contributed by atoms with Gasteiger partial charge in [0.2, 0.25) is 5.91 Å². The van der Waals surface area contributed by atoms with Gasteiger partial charge in [0.15, 0.2) is 0 Å². The summed E-state index contributed by atoms with van der Waals surface area (Å²) in [4.78, 5) is 13.5. The lowest BCUT2D eigenvalue weighted by Gasteiger charge is -2.17. The Bertz CT molecular complexity index is 835. The first-order valence-corrected chi connectivity index (χ1v) is 9.93. The maximum atomic E-state index is 12.3. The lowest BCUT2D eigenvalue weighted by molar-refractivity contribution is -0.116. The highest BCUT2D eigenvalue weighted by Crippen LogP contribution is 2.39. The highest BCUT2D eigenvalue weighted by molar-refractivity contribution is 7.16. The summed E-state index contributed by atoms with van der Waals surface area (Å²) in [5, 5.41) is 13.2. The molecule has 0 radical (unpaired) electrons. The fourth-order valence-corrected chi connectivity index (χ4v) is 4.66. The molecule has 136 valence electrons. The molecule has 1 atom stereocenters. The molecule has 0 saturated carbocycles. The largest absolute Gasteiger partial charge is 0.493 e. The number of ether oxygens (including phenoxy) is 1. The van der Waals surface area contributed by atoms with Crippen LogP contribution in [-0.4, -0.2) is 12.5 Å². The Morgan fingerprint density at radius 3 is 3.00 bits per heavy atom. The molecule has 1 aliphatic rings. The molecule has 1 aromatic heterocycles. The SMILES string of the molecule is Cc1ccccc1OCCCC(=O)Nc1sc2c(c1C#N)CC[C@@H](C)C2. The molecule has 1 N–H and O–H groups in total. The van der Waals surface area contributed by atoms with E-state index in [9.17, 15) is 10.1 Å². The van der Waals surface area contributed by atoms with E-state index in [1.165, 1.54) is 4.88 Å². The number of nitriles is 1. The fraction of sp³-hybridized carbons (Fsp3) is 0.429. The number of thiophene rings is 1. The summed E-state index contributed by atoms with van der Waals surface area (Å²) in [7, 11) is 0. The van der Waals surface area contributed by atoms with Gasteiger partial charge in [0.1, 0.15) is 16.8 Å². The minimum absolute atomic E-state index is 0.0541. The summed E-state index contributed by atoms with van der Waals surface area (Å²) in [6.45, 7) is 4.74. The zero-order valence-corrected chi connectivity index (χ0v) is 16.1. The molecule has 1 aromatic carbocycles. The van der Waals surface area contributed by atoms with Gasteiger partial charge >= 0.3 is 0 Å². The molecule has 4 nitrogen and oxygen atoms in total. The van der Waals surface area contributed by atoms with Gasteiger partial charge in [-0.1, -0.05) is 25.1 Å². The number of carbonyl (C=O) groups is 1. The van der Waals surface area contributed by atoms with Crippen LogP contribution in [0.4, 0.5) is 5.00 Å². The van der Waals surface area contributed by atoms with Crippen LogP contribution >= 0.6 is 11.3 Å². The van der Waals surface area contributed by atoms with E-state index in [-0.39, 0.29) is 5.91 Å². The van der Waals surface area contributed by atoms with E-state index in [4.69, 9.17) is 4.74 Å². The van der Waals surface area contributed by atoms with Crippen molar-refractivity contribution in [2.75, 3.05) is 11.9 Å². The van der Waals surface area contributed by atoms with Gasteiger partial charge in [0.05, 0.1) is 12.2 Å². The maximum absolute atomic E-state index is 12.3. The summed E-state index contributed by atoms with van der Waals surface area (Å²) >= 11 is 1.57. The number of nitrogens with zero attached hydrogens (tertiary/aromatic N) is 1. The fourth-order valence-electron chi connectivity index (χ4n) is 3.28. The topological polar surface area (TPSA) is 62.1 Å². The highest BCUT2D eigenvalue weighted by Gasteiger charge is 2.24. The van der Waals surface area contributed by atoms with Crippen LogP contribution in [0.15, 0.2) is 24.3 Å². The molecule has 1 amide bonds. The monoisotopic (exact) mass is 368 g/mol. The number of hydrogen-bond donors (Lipinski definition) is 1. The average Bonchev–Trinajstić information content (AvgIpc) is 2.95. The molecule has 1 aliphatic carbocycles. The number of rotatable bonds is 6. The van der Waals surface area contributed by atoms with Gasteiger partial charge in [-0.2, -0.15) is 5.26 Å². The van der Waals surface area contributed by atoms with E-state index in [2.05, 4.69) is 18.3 Å². The Morgan fingerprint density at radius 1 is 1.42 bits per heavy atom. The van der Waals surface area contributed by atoms with Gasteiger partial charge < -0.3 is 10.1 Å². The molecule has 0 aliphatic heterocycles. The van der Waals surface area contributed by atoms with Gasteiger partial charge in [-0.15, -0.1) is 11.3 Å². The normalized spacial score (nSPS) is 15.8. The lowest BCUT2D eigenvalue weighted by atomic mass is 9.89. The number of nitrogens with one attached hydrogen (secondary N) is 1. The standard InChI is InChI=1S/C21H24N2O2S/c1-14-9-10-16-17(13-22)21(26-19(16)12-14)23-20(24)8-5-11-25-18-7-4-3-6-15(18)2/h3-4,6-7,14H,5,8-12H2,1-2H3,(H,23,24)/t14-/m1/s1. The van der Waals surface area contributed by atoms with Gasteiger partial charge in [-0.25, -0.2) is 0 Å². The van der Waals surface area contributed by atoms with Crippen LogP contribution < -0.4 is 10.1 Å². The molecular weight excluding hydrogens is 344 g/mol. The van der Waals surface area contributed by atoms with Crippen molar-refractivity contribution in [1.29, 1.82) is 5.26 Å². The number of amides is 1. The number of hydrogen-bond acceptors (Lipinski definition) is 4. The predicted octanol–water partition coefficient (Wildman–Crippen LogP) is 4.85. The first-order chi connectivity index (χ1) is 12.6. The van der Waals surface area contributed by atoms with E-state index < -0.39 is 0 Å². The van der Waals surface area contributed by atoms with Crippen LogP contribution in [0.1, 0.15) is 47.8 Å². The molecule has 0 spiro atoms. The van der Waals surface area contributed by atoms with E-state index in [0.29, 0.717) is 30.9 Å². The van der Waals surface area contributed by atoms with E-state index in [1.54, 1.807) is 11.3 Å². The quantitative estimate of drug-likeness (QED) is 0.741. The number of carbonyl (C=O) groups excluding carboxylic acids is 1. The van der Waals surface area contributed by atoms with Crippen LogP contribution in [0, 0.1) is 24.2 Å². The molecule has 0 unspecified atom stereocenters. The number of benzene rings is 1. The van der Waals surface area contributed by atoms with Crippen molar-refractivity contribution in [3.8, 4) is 11.8 Å². The molecule has 1 heterocycles. The van der Waals surface area contributed by atoms with Crippen LogP contribution in [-0.2, 0) is 17.6 Å². The van der Waals surface area contributed by atoms with Crippen molar-refractivity contribution in [1.82, 2.24) is 0 Å². The smallest absolute Gasteiger partial charge is 0.225 e. The molecule has 0 bridgehead atoms. The Hall–Kier alpha value is -2.32. The minimum atomic E-state index is -0.0541. The maximum Gasteiger partial charge on any atom is 0.225 e. The summed E-state index contributed by atoms with van der Waals surface area (Å²) in [5.41, 5.74) is 2.91. The van der Waals surface area contributed by atoms with Crippen molar-refractivity contribution in [3.63, 3.8) is 0 Å². The van der Waals surface area contributed by atoms with Crippen molar-refractivity contribution >= 4 is 22.2 Å². The average molecular weight is 369 g/mol. The van der Waals surface area contributed by atoms with Crippen molar-refractivity contribution in [2.45, 2.75) is 46.0 Å². The lowest BCUT2D eigenvalue weighted by Crippen LogP contribution is -2.13. The molecule has 5 heteroatoms. The second-order valence-electron chi connectivity index (χ2n) is 6.93. The Kier molecular flexibility index (Phi) is 5.95. The molecule has 3 rings (SSSR count). The van der Waals surface area contributed by atoms with Crippen molar-refractivity contribution in [2.24, 2.45) is 5.92 Å². The molecule has 26 heavy (non-hydrogen) atoms. The van der Waals surface area contributed by atoms with E-state index >= 15 is 0 Å². The van der Waals surface area contributed by atoms with Crippen LogP contribution in [0.3, 0.4) is 0 Å². The third-order valence-electron chi connectivity index (χ3n) is 4.78. The zero-order chi connectivity index (χ0) is 18.5. The van der Waals surface area contributed by atoms with Crippen molar-refractivity contribution < 1.29 is 9.53 Å². The van der Waals surface area contributed by atoms with E-state index in [1.807, 2.05) is 31.2 Å². The molecule has 0 saturated heterocycles. The molecular formula is C21H24N2O2S. The third-order valence-corrected chi connectivity index (χ3v) is 5.95. The zero-order valence-electron chi connectivity index (χ0n) is 15.3. The van der Waals surface area contributed by atoms with Crippen molar-refractivity contribution in [3.05, 3.63) is 45.8 Å². The first kappa shape index (κ1) is 18.5. The number of para-hydroxylation sites is 1. The third kappa shape index (κ3) is 4.25. The Morgan fingerprint density at radius 2 is 2.23 bits per heavy atom. The molecule has 0 fully saturated rings. The minimum Gasteiger partial charge on any atom is -0.493 e. The second kappa shape index (κ2) is 8.37. The number of fused-ring (bicyclic) bond motifs is 1. The Labute approximate surface area is 158 Å². The van der Waals surface area contributed by atoms with Crippen LogP contribution in [0.2, 0.25) is 0 Å². The van der Waals surface area contributed by atoms with Crippen LogP contribution in [0.25, 0.3) is 0 Å². The summed E-state index contributed by atoms with van der Waals surface area (Å²) < 4.78 is 5.73. The summed E-state index contributed by atoms with van der Waals surface area (Å²) in [6.07, 6.45) is 4.09. The predicted molar refractivity (Wildman–Crippen MR) is 105 cm³/mol. The van der Waals surface area contributed by atoms with Gasteiger partial charge in [-0.3, -0.25) is 4.79 Å².